The van der Waals surface area contributed by atoms with Gasteiger partial charge in [-0.15, -0.1) is 0 Å². The summed E-state index contributed by atoms with van der Waals surface area (Å²) in [6, 6.07) is 0. The highest BCUT2D eigenvalue weighted by Gasteiger charge is 2.40. The van der Waals surface area contributed by atoms with Gasteiger partial charge in [0.15, 0.2) is 6.29 Å². The molecule has 1 aliphatic carbocycles. The summed E-state index contributed by atoms with van der Waals surface area (Å²) in [7, 11) is 0. The van der Waals surface area contributed by atoms with E-state index in [1.807, 2.05) is 42.7 Å². The first-order valence-corrected chi connectivity index (χ1v) is 9.62. The Labute approximate surface area is 146 Å². The quantitative estimate of drug-likeness (QED) is 0.632. The molecule has 0 unspecified atom stereocenters. The summed E-state index contributed by atoms with van der Waals surface area (Å²) < 4.78 is 48.9. The molecule has 0 bridgehead atoms. The van der Waals surface area contributed by atoms with Crippen molar-refractivity contribution >= 4 is 11.8 Å². The molecule has 0 spiro atoms. The van der Waals surface area contributed by atoms with Crippen molar-refractivity contribution in [3.63, 3.8) is 0 Å². The molecule has 0 atom stereocenters. The van der Waals surface area contributed by atoms with Crippen molar-refractivity contribution in [2.75, 3.05) is 19.5 Å². The second-order valence-electron chi connectivity index (χ2n) is 6.20. The van der Waals surface area contributed by atoms with Crippen LogP contribution in [0.4, 0.5) is 13.2 Å². The van der Waals surface area contributed by atoms with Crippen molar-refractivity contribution in [2.45, 2.75) is 43.4 Å². The van der Waals surface area contributed by atoms with Crippen LogP contribution < -0.4 is 0 Å². The van der Waals surface area contributed by atoms with Crippen LogP contribution in [0.2, 0.25) is 0 Å². The number of thioether (sulfide) groups is 1. The van der Waals surface area contributed by atoms with Gasteiger partial charge in [-0.2, -0.15) is 24.9 Å². The summed E-state index contributed by atoms with van der Waals surface area (Å²) in [4.78, 5) is 0. The maximum Gasteiger partial charge on any atom is 0.391 e. The summed E-state index contributed by atoms with van der Waals surface area (Å²) >= 11 is 1.74. The number of rotatable bonds is 5. The van der Waals surface area contributed by atoms with E-state index in [-0.39, 0.29) is 25.0 Å². The van der Waals surface area contributed by atoms with Gasteiger partial charge in [-0.05, 0) is 43.9 Å². The van der Waals surface area contributed by atoms with E-state index >= 15 is 0 Å². The molecule has 0 aromatic carbocycles. The second kappa shape index (κ2) is 9.68. The molecule has 2 fully saturated rings. The van der Waals surface area contributed by atoms with E-state index in [0.717, 1.165) is 0 Å². The lowest BCUT2D eigenvalue weighted by molar-refractivity contribution is -0.183. The van der Waals surface area contributed by atoms with Crippen molar-refractivity contribution in [3.05, 3.63) is 36.5 Å². The molecule has 1 saturated carbocycles. The highest BCUT2D eigenvalue weighted by atomic mass is 32.2. The molecule has 2 nitrogen and oxygen atoms in total. The Morgan fingerprint density at radius 3 is 2.00 bits per heavy atom. The van der Waals surface area contributed by atoms with Crippen molar-refractivity contribution < 1.29 is 22.6 Å². The average molecular weight is 362 g/mol. The van der Waals surface area contributed by atoms with Gasteiger partial charge >= 0.3 is 6.18 Å². The van der Waals surface area contributed by atoms with Gasteiger partial charge in [0.1, 0.15) is 0 Å². The molecule has 0 aromatic rings. The van der Waals surface area contributed by atoms with Crippen molar-refractivity contribution in [3.8, 4) is 0 Å². The monoisotopic (exact) mass is 362 g/mol. The predicted molar refractivity (Wildman–Crippen MR) is 91.9 cm³/mol. The van der Waals surface area contributed by atoms with Crippen LogP contribution in [-0.2, 0) is 9.47 Å². The van der Waals surface area contributed by atoms with E-state index in [2.05, 4.69) is 0 Å². The first-order valence-electron chi connectivity index (χ1n) is 8.33. The number of hydrogen-bond acceptors (Lipinski definition) is 3. The Hall–Kier alpha value is -0.720. The van der Waals surface area contributed by atoms with Crippen LogP contribution in [0.25, 0.3) is 0 Å². The lowest BCUT2D eigenvalue weighted by atomic mass is 9.81. The Kier molecular flexibility index (Phi) is 7.91. The highest BCUT2D eigenvalue weighted by Crippen LogP contribution is 2.39. The summed E-state index contributed by atoms with van der Waals surface area (Å²) in [5.41, 5.74) is 0. The van der Waals surface area contributed by atoms with Crippen LogP contribution in [0.3, 0.4) is 0 Å². The second-order valence-corrected chi connectivity index (χ2v) is 7.34. The fraction of sp³-hybridized carbons (Fsp3) is 0.667. The number of alkyl halides is 3. The number of ether oxygens (including phenoxy) is 2. The third kappa shape index (κ3) is 6.65. The minimum Gasteiger partial charge on any atom is -0.348 e. The summed E-state index contributed by atoms with van der Waals surface area (Å²) in [6.45, 7) is 1.39. The zero-order chi connectivity index (χ0) is 17.4. The minimum absolute atomic E-state index is 0.246. The smallest absolute Gasteiger partial charge is 0.348 e. The van der Waals surface area contributed by atoms with E-state index in [1.165, 1.54) is 0 Å². The molecule has 1 heterocycles. The number of allylic oxidation sites excluding steroid dienone is 5. The van der Waals surface area contributed by atoms with Crippen LogP contribution >= 0.6 is 11.8 Å². The van der Waals surface area contributed by atoms with E-state index in [0.29, 0.717) is 31.3 Å². The normalized spacial score (nSPS) is 33.0. The standard InChI is InChI=1S/C18H25F3O2S/c1-24-16-12-22-17(23-13-16)7-5-3-2-4-6-14-8-10-15(11-9-14)18(19,20)21/h2-7,14-17H,8-13H2,1H3/b3-2+,6-4+,7-5+. The Morgan fingerprint density at radius 1 is 0.875 bits per heavy atom. The van der Waals surface area contributed by atoms with Crippen LogP contribution in [0.5, 0.6) is 0 Å². The van der Waals surface area contributed by atoms with Gasteiger partial charge in [0.25, 0.3) is 0 Å². The van der Waals surface area contributed by atoms with Gasteiger partial charge in [0.05, 0.1) is 24.4 Å². The number of hydrogen-bond donors (Lipinski definition) is 0. The topological polar surface area (TPSA) is 18.5 Å². The van der Waals surface area contributed by atoms with Gasteiger partial charge < -0.3 is 9.47 Å². The molecule has 0 aromatic heterocycles. The molecule has 6 heteroatoms. The molecule has 0 radical (unpaired) electrons. The molecule has 1 aliphatic heterocycles. The Morgan fingerprint density at radius 2 is 1.46 bits per heavy atom. The molecule has 2 aliphatic rings. The van der Waals surface area contributed by atoms with E-state index < -0.39 is 12.1 Å². The summed E-state index contributed by atoms with van der Waals surface area (Å²) in [6.07, 6.45) is 10.9. The largest absolute Gasteiger partial charge is 0.391 e. The maximum absolute atomic E-state index is 12.6. The molecular formula is C18H25F3O2S. The molecule has 0 amide bonds. The van der Waals surface area contributed by atoms with Crippen molar-refractivity contribution in [1.29, 1.82) is 0 Å². The van der Waals surface area contributed by atoms with Gasteiger partial charge in [0, 0.05) is 0 Å². The summed E-state index contributed by atoms with van der Waals surface area (Å²) in [5.74, 6) is -0.854. The molecule has 136 valence electrons. The van der Waals surface area contributed by atoms with Gasteiger partial charge in [0.2, 0.25) is 0 Å². The van der Waals surface area contributed by atoms with E-state index in [9.17, 15) is 13.2 Å². The van der Waals surface area contributed by atoms with Crippen LogP contribution in [-0.4, -0.2) is 37.2 Å². The van der Waals surface area contributed by atoms with Gasteiger partial charge in [-0.25, -0.2) is 0 Å². The van der Waals surface area contributed by atoms with E-state index in [1.54, 1.807) is 11.8 Å². The first-order chi connectivity index (χ1) is 11.5. The van der Waals surface area contributed by atoms with E-state index in [4.69, 9.17) is 9.47 Å². The van der Waals surface area contributed by atoms with Crippen LogP contribution in [0.15, 0.2) is 36.5 Å². The third-order valence-electron chi connectivity index (χ3n) is 4.45. The Balaban J connectivity index is 1.64. The average Bonchev–Trinajstić information content (AvgIpc) is 2.58. The molecule has 0 N–H and O–H groups in total. The maximum atomic E-state index is 12.6. The fourth-order valence-corrected chi connectivity index (χ4v) is 3.32. The molecule has 24 heavy (non-hydrogen) atoms. The SMILES string of the molecule is CSC1COC(/C=C/C=C/C=C/C2CCC(C(F)(F)F)CC2)OC1. The molecule has 1 saturated heterocycles. The molecular weight excluding hydrogens is 337 g/mol. The summed E-state index contributed by atoms with van der Waals surface area (Å²) in [5, 5.41) is 0.403. The highest BCUT2D eigenvalue weighted by molar-refractivity contribution is 7.99. The lowest BCUT2D eigenvalue weighted by Crippen LogP contribution is -2.32. The third-order valence-corrected chi connectivity index (χ3v) is 5.38. The van der Waals surface area contributed by atoms with Crippen LogP contribution in [0.1, 0.15) is 25.7 Å². The van der Waals surface area contributed by atoms with Crippen LogP contribution in [0, 0.1) is 11.8 Å². The zero-order valence-corrected chi connectivity index (χ0v) is 14.7. The lowest BCUT2D eigenvalue weighted by Gasteiger charge is -2.28. The first kappa shape index (κ1) is 19.6. The number of halogens is 3. The minimum atomic E-state index is -4.03. The van der Waals surface area contributed by atoms with Gasteiger partial charge in [-0.1, -0.05) is 30.4 Å². The molecule has 2 rings (SSSR count). The van der Waals surface area contributed by atoms with Crippen molar-refractivity contribution in [1.82, 2.24) is 0 Å². The predicted octanol–water partition coefficient (Wildman–Crippen LogP) is 5.13. The fourth-order valence-electron chi connectivity index (χ4n) is 2.89. The Bertz CT molecular complexity index is 444. The van der Waals surface area contributed by atoms with Gasteiger partial charge in [-0.3, -0.25) is 0 Å². The van der Waals surface area contributed by atoms with Crippen molar-refractivity contribution in [2.24, 2.45) is 11.8 Å². The zero-order valence-electron chi connectivity index (χ0n) is 13.9.